The Labute approximate surface area is 100 Å². The summed E-state index contributed by atoms with van der Waals surface area (Å²) < 4.78 is 0. The number of hydrogen-bond acceptors (Lipinski definition) is 2. The quantitative estimate of drug-likeness (QED) is 0.680. The largest absolute Gasteiger partial charge is 0.285 e. The molecule has 0 saturated heterocycles. The number of nitrogens with zero attached hydrogens (tertiary/aromatic N) is 1. The Bertz CT molecular complexity index is 545. The summed E-state index contributed by atoms with van der Waals surface area (Å²) in [5, 5.41) is 1.98. The van der Waals surface area contributed by atoms with E-state index in [0.29, 0.717) is 0 Å². The van der Waals surface area contributed by atoms with Gasteiger partial charge in [0.1, 0.15) is 6.10 Å². The molecular weight excluding hydrogens is 210 g/mol. The van der Waals surface area contributed by atoms with Crippen molar-refractivity contribution >= 4 is 0 Å². The van der Waals surface area contributed by atoms with Crippen molar-refractivity contribution in [2.45, 2.75) is 12.1 Å². The van der Waals surface area contributed by atoms with Crippen LogP contribution in [-0.2, 0) is 4.84 Å². The zero-order chi connectivity index (χ0) is 11.4. The number of fused-ring (bicyclic) bond motifs is 1. The maximum Gasteiger partial charge on any atom is 0.130 e. The van der Waals surface area contributed by atoms with Crippen LogP contribution in [0, 0.1) is 0 Å². The van der Waals surface area contributed by atoms with E-state index in [9.17, 15) is 0 Å². The predicted octanol–water partition coefficient (Wildman–Crippen LogP) is 3.06. The summed E-state index contributed by atoms with van der Waals surface area (Å²) in [4.78, 5) is 5.97. The van der Waals surface area contributed by atoms with E-state index in [1.54, 1.807) is 0 Å². The molecule has 0 aromatic heterocycles. The lowest BCUT2D eigenvalue weighted by Gasteiger charge is -2.45. The Morgan fingerprint density at radius 2 is 1.29 bits per heavy atom. The molecule has 0 fully saturated rings. The van der Waals surface area contributed by atoms with Crippen molar-refractivity contribution < 1.29 is 4.84 Å². The van der Waals surface area contributed by atoms with Crippen molar-refractivity contribution in [1.29, 1.82) is 0 Å². The van der Waals surface area contributed by atoms with Crippen LogP contribution in [0.15, 0.2) is 48.5 Å². The third-order valence-corrected chi connectivity index (χ3v) is 3.78. The summed E-state index contributed by atoms with van der Waals surface area (Å²) in [5.41, 5.74) is 5.39. The van der Waals surface area contributed by atoms with Gasteiger partial charge in [-0.05, 0) is 22.3 Å². The van der Waals surface area contributed by atoms with Gasteiger partial charge in [0.2, 0.25) is 0 Å². The standard InChI is InChI=1S/C15H13NO/c1-16-14-10-6-2-4-8-12(10)15(17-16)13-9-5-3-7-11(13)14/h2-9,14-15H,1H3. The fourth-order valence-electron chi connectivity index (χ4n) is 3.06. The third-order valence-electron chi connectivity index (χ3n) is 3.78. The SMILES string of the molecule is CN1OC2c3ccccc3C1c1ccccc12. The minimum atomic E-state index is 0.0670. The highest BCUT2D eigenvalue weighted by molar-refractivity contribution is 5.52. The Kier molecular flexibility index (Phi) is 1.76. The maximum absolute atomic E-state index is 5.97. The van der Waals surface area contributed by atoms with E-state index in [1.165, 1.54) is 22.3 Å². The lowest BCUT2D eigenvalue weighted by Crippen LogP contribution is -2.39. The fourth-order valence-corrected chi connectivity index (χ4v) is 3.06. The van der Waals surface area contributed by atoms with E-state index >= 15 is 0 Å². The van der Waals surface area contributed by atoms with Crippen LogP contribution >= 0.6 is 0 Å². The van der Waals surface area contributed by atoms with Gasteiger partial charge >= 0.3 is 0 Å². The number of hydrogen-bond donors (Lipinski definition) is 0. The summed E-state index contributed by atoms with van der Waals surface area (Å²) in [6.45, 7) is 0. The number of hydroxylamine groups is 2. The summed E-state index contributed by atoms with van der Waals surface area (Å²) in [6.07, 6.45) is 0.0670. The fraction of sp³-hybridized carbons (Fsp3) is 0.200. The smallest absolute Gasteiger partial charge is 0.130 e. The maximum atomic E-state index is 5.97. The molecule has 1 aliphatic carbocycles. The van der Waals surface area contributed by atoms with E-state index in [2.05, 4.69) is 48.5 Å². The van der Waals surface area contributed by atoms with Crippen LogP contribution in [0.5, 0.6) is 0 Å². The van der Waals surface area contributed by atoms with Crippen LogP contribution in [0.3, 0.4) is 0 Å². The van der Waals surface area contributed by atoms with Crippen LogP contribution in [0.1, 0.15) is 34.4 Å². The second-order valence-electron chi connectivity index (χ2n) is 4.69. The van der Waals surface area contributed by atoms with Crippen molar-refractivity contribution in [2.24, 2.45) is 0 Å². The molecule has 2 aromatic rings. The molecule has 2 bridgehead atoms. The second kappa shape index (κ2) is 3.19. The molecule has 0 atom stereocenters. The van der Waals surface area contributed by atoms with Gasteiger partial charge in [-0.15, -0.1) is 0 Å². The second-order valence-corrected chi connectivity index (χ2v) is 4.69. The number of benzene rings is 2. The van der Waals surface area contributed by atoms with Gasteiger partial charge in [0.25, 0.3) is 0 Å². The highest BCUT2D eigenvalue weighted by Gasteiger charge is 2.41. The highest BCUT2D eigenvalue weighted by Crippen LogP contribution is 2.49. The van der Waals surface area contributed by atoms with Crippen molar-refractivity contribution in [3.05, 3.63) is 70.8 Å². The Morgan fingerprint density at radius 3 is 1.82 bits per heavy atom. The van der Waals surface area contributed by atoms with Crippen LogP contribution in [0.2, 0.25) is 0 Å². The summed E-state index contributed by atoms with van der Waals surface area (Å²) >= 11 is 0. The molecule has 2 aromatic carbocycles. The van der Waals surface area contributed by atoms with Crippen molar-refractivity contribution in [1.82, 2.24) is 5.06 Å². The van der Waals surface area contributed by atoms with Gasteiger partial charge in [-0.25, -0.2) is 0 Å². The van der Waals surface area contributed by atoms with E-state index in [1.807, 2.05) is 12.1 Å². The van der Waals surface area contributed by atoms with Crippen LogP contribution < -0.4 is 0 Å². The normalized spacial score (nSPS) is 25.5. The van der Waals surface area contributed by atoms with E-state index in [-0.39, 0.29) is 12.1 Å². The van der Waals surface area contributed by atoms with Gasteiger partial charge in [-0.1, -0.05) is 48.5 Å². The van der Waals surface area contributed by atoms with Crippen LogP contribution in [-0.4, -0.2) is 12.1 Å². The predicted molar refractivity (Wildman–Crippen MR) is 65.4 cm³/mol. The molecule has 0 amide bonds. The topological polar surface area (TPSA) is 12.5 Å². The monoisotopic (exact) mass is 223 g/mol. The first-order chi connectivity index (χ1) is 8.36. The minimum absolute atomic E-state index is 0.0670. The Morgan fingerprint density at radius 1 is 0.824 bits per heavy atom. The summed E-state index contributed by atoms with van der Waals surface area (Å²) in [6, 6.07) is 17.4. The molecule has 2 heteroatoms. The molecule has 84 valence electrons. The molecule has 0 spiro atoms. The first-order valence-corrected chi connectivity index (χ1v) is 5.93. The van der Waals surface area contributed by atoms with Crippen LogP contribution in [0.25, 0.3) is 0 Å². The molecule has 2 nitrogen and oxygen atoms in total. The first-order valence-electron chi connectivity index (χ1n) is 5.93. The molecule has 0 saturated carbocycles. The average molecular weight is 223 g/mol. The minimum Gasteiger partial charge on any atom is -0.285 e. The van der Waals surface area contributed by atoms with E-state index < -0.39 is 0 Å². The molecule has 0 unspecified atom stereocenters. The van der Waals surface area contributed by atoms with Crippen LogP contribution in [0.4, 0.5) is 0 Å². The Balaban J connectivity index is 2.04. The summed E-state index contributed by atoms with van der Waals surface area (Å²) in [5.74, 6) is 0. The lowest BCUT2D eigenvalue weighted by molar-refractivity contribution is -0.213. The van der Waals surface area contributed by atoms with Gasteiger partial charge < -0.3 is 0 Å². The zero-order valence-electron chi connectivity index (χ0n) is 9.63. The van der Waals surface area contributed by atoms with Gasteiger partial charge in [-0.3, -0.25) is 4.84 Å². The highest BCUT2D eigenvalue weighted by atomic mass is 16.7. The molecular formula is C15H13NO. The number of rotatable bonds is 0. The van der Waals surface area contributed by atoms with Crippen molar-refractivity contribution in [3.8, 4) is 0 Å². The zero-order valence-corrected chi connectivity index (χ0v) is 9.63. The molecule has 0 radical (unpaired) electrons. The third kappa shape index (κ3) is 1.11. The van der Waals surface area contributed by atoms with Gasteiger partial charge in [0.05, 0.1) is 6.04 Å². The van der Waals surface area contributed by atoms with Gasteiger partial charge in [0.15, 0.2) is 0 Å². The van der Waals surface area contributed by atoms with E-state index in [4.69, 9.17) is 4.84 Å². The van der Waals surface area contributed by atoms with E-state index in [0.717, 1.165) is 0 Å². The Hall–Kier alpha value is -1.64. The lowest BCUT2D eigenvalue weighted by atomic mass is 9.79. The van der Waals surface area contributed by atoms with Crippen molar-refractivity contribution in [2.75, 3.05) is 7.05 Å². The molecule has 5 rings (SSSR count). The first kappa shape index (κ1) is 9.40. The molecule has 3 aliphatic rings. The molecule has 0 N–H and O–H groups in total. The van der Waals surface area contributed by atoms with Gasteiger partial charge in [-0.2, -0.15) is 5.06 Å². The summed E-state index contributed by atoms with van der Waals surface area (Å²) in [7, 11) is 2.02. The molecule has 2 aliphatic heterocycles. The average Bonchev–Trinajstić information content (AvgIpc) is 2.39. The molecule has 2 heterocycles. The van der Waals surface area contributed by atoms with Gasteiger partial charge in [0, 0.05) is 7.05 Å². The van der Waals surface area contributed by atoms with Crippen molar-refractivity contribution in [3.63, 3.8) is 0 Å². The molecule has 17 heavy (non-hydrogen) atoms.